The Hall–Kier alpha value is -1.59. The second kappa shape index (κ2) is 6.98. The molecule has 18 heavy (non-hydrogen) atoms. The van der Waals surface area contributed by atoms with Crippen LogP contribution in [0, 0.1) is 0 Å². The van der Waals surface area contributed by atoms with Gasteiger partial charge in [0.25, 0.3) is 0 Å². The van der Waals surface area contributed by atoms with E-state index >= 15 is 0 Å². The Labute approximate surface area is 106 Å². The van der Waals surface area contributed by atoms with Gasteiger partial charge in [-0.25, -0.2) is 4.79 Å². The van der Waals surface area contributed by atoms with Crippen LogP contribution in [0.3, 0.4) is 0 Å². The number of hydrogen-bond donors (Lipinski definition) is 2. The van der Waals surface area contributed by atoms with Crippen molar-refractivity contribution < 1.29 is 24.5 Å². The molecule has 0 bridgehead atoms. The highest BCUT2D eigenvalue weighted by atomic mass is 16.5. The predicted octanol–water partition coefficient (Wildman–Crippen LogP) is 1.55. The molecule has 1 aromatic carbocycles. The first kappa shape index (κ1) is 14.5. The monoisotopic (exact) mass is 254 g/mol. The maximum Gasteiger partial charge on any atom is 0.335 e. The standard InChI is InChI=1S/C13H18O5/c1-9(2)17-7-11(14)8-18-12-5-3-4-10(6-12)13(15)16/h3-6,9,11,14H,7-8H2,1-2H3,(H,15,16). The van der Waals surface area contributed by atoms with Gasteiger partial charge in [-0.1, -0.05) is 6.07 Å². The van der Waals surface area contributed by atoms with E-state index in [-0.39, 0.29) is 24.9 Å². The molecular weight excluding hydrogens is 236 g/mol. The van der Waals surface area contributed by atoms with Gasteiger partial charge in [0.05, 0.1) is 18.3 Å². The van der Waals surface area contributed by atoms with Crippen LogP contribution in [-0.2, 0) is 4.74 Å². The molecule has 0 saturated heterocycles. The number of benzene rings is 1. The Kier molecular flexibility index (Phi) is 5.61. The highest BCUT2D eigenvalue weighted by Gasteiger charge is 2.08. The summed E-state index contributed by atoms with van der Waals surface area (Å²) in [5, 5.41) is 18.4. The topological polar surface area (TPSA) is 76.0 Å². The molecule has 0 heterocycles. The molecular formula is C13H18O5. The van der Waals surface area contributed by atoms with Crippen LogP contribution in [0.2, 0.25) is 0 Å². The summed E-state index contributed by atoms with van der Waals surface area (Å²) in [5.41, 5.74) is 0.153. The number of hydrogen-bond acceptors (Lipinski definition) is 4. The molecule has 1 aromatic rings. The third-order valence-corrected chi connectivity index (χ3v) is 2.15. The van der Waals surface area contributed by atoms with Gasteiger partial charge in [0.15, 0.2) is 0 Å². The zero-order valence-corrected chi connectivity index (χ0v) is 10.5. The maximum atomic E-state index is 10.7. The summed E-state index contributed by atoms with van der Waals surface area (Å²) >= 11 is 0. The molecule has 0 aliphatic rings. The molecule has 0 aliphatic carbocycles. The van der Waals surface area contributed by atoms with E-state index in [1.165, 1.54) is 12.1 Å². The van der Waals surface area contributed by atoms with E-state index in [1.807, 2.05) is 13.8 Å². The Bertz CT molecular complexity index is 389. The van der Waals surface area contributed by atoms with Crippen molar-refractivity contribution in [2.24, 2.45) is 0 Å². The Morgan fingerprint density at radius 1 is 1.33 bits per heavy atom. The fraction of sp³-hybridized carbons (Fsp3) is 0.462. The van der Waals surface area contributed by atoms with Crippen molar-refractivity contribution in [2.45, 2.75) is 26.1 Å². The number of carbonyl (C=O) groups is 1. The summed E-state index contributed by atoms with van der Waals surface area (Å²) in [6, 6.07) is 6.13. The normalized spacial score (nSPS) is 12.4. The molecule has 0 amide bonds. The Morgan fingerprint density at radius 2 is 2.06 bits per heavy atom. The minimum absolute atomic E-state index is 0.0509. The van der Waals surface area contributed by atoms with Gasteiger partial charge in [-0.3, -0.25) is 0 Å². The van der Waals surface area contributed by atoms with Crippen molar-refractivity contribution in [2.75, 3.05) is 13.2 Å². The summed E-state index contributed by atoms with van der Waals surface area (Å²) in [5.74, 6) is -0.595. The lowest BCUT2D eigenvalue weighted by atomic mass is 10.2. The number of aliphatic hydroxyl groups is 1. The van der Waals surface area contributed by atoms with E-state index in [2.05, 4.69) is 0 Å². The van der Waals surface area contributed by atoms with Gasteiger partial charge in [0.1, 0.15) is 18.5 Å². The largest absolute Gasteiger partial charge is 0.491 e. The number of aromatic carboxylic acids is 1. The summed E-state index contributed by atoms with van der Waals surface area (Å²) in [4.78, 5) is 10.7. The van der Waals surface area contributed by atoms with Crippen molar-refractivity contribution >= 4 is 5.97 Å². The van der Waals surface area contributed by atoms with Gasteiger partial charge < -0.3 is 19.7 Å². The maximum absolute atomic E-state index is 10.7. The molecule has 0 aliphatic heterocycles. The molecule has 0 fully saturated rings. The van der Waals surface area contributed by atoms with Crippen LogP contribution in [0.5, 0.6) is 5.75 Å². The second-order valence-electron chi connectivity index (χ2n) is 4.18. The highest BCUT2D eigenvalue weighted by Crippen LogP contribution is 2.13. The van der Waals surface area contributed by atoms with Gasteiger partial charge in [-0.15, -0.1) is 0 Å². The number of ether oxygens (including phenoxy) is 2. The number of carboxylic acid groups (broad SMARTS) is 1. The van der Waals surface area contributed by atoms with Crippen molar-refractivity contribution in [3.8, 4) is 5.75 Å². The first-order valence-corrected chi connectivity index (χ1v) is 5.75. The lowest BCUT2D eigenvalue weighted by Crippen LogP contribution is -2.25. The lowest BCUT2D eigenvalue weighted by Gasteiger charge is -2.14. The number of rotatable bonds is 7. The van der Waals surface area contributed by atoms with Crippen LogP contribution < -0.4 is 4.74 Å². The van der Waals surface area contributed by atoms with E-state index in [0.717, 1.165) is 0 Å². The van der Waals surface area contributed by atoms with Crippen molar-refractivity contribution in [1.82, 2.24) is 0 Å². The minimum atomic E-state index is -1.01. The molecule has 1 atom stereocenters. The molecule has 5 heteroatoms. The molecule has 1 unspecified atom stereocenters. The van der Waals surface area contributed by atoms with E-state index in [0.29, 0.717) is 5.75 Å². The van der Waals surface area contributed by atoms with Crippen LogP contribution in [0.15, 0.2) is 24.3 Å². The quantitative estimate of drug-likeness (QED) is 0.772. The third-order valence-electron chi connectivity index (χ3n) is 2.15. The Balaban J connectivity index is 2.43. The van der Waals surface area contributed by atoms with Gasteiger partial charge in [0, 0.05) is 0 Å². The molecule has 0 aromatic heterocycles. The average molecular weight is 254 g/mol. The zero-order chi connectivity index (χ0) is 13.5. The summed E-state index contributed by atoms with van der Waals surface area (Å²) in [6.45, 7) is 4.01. The van der Waals surface area contributed by atoms with Gasteiger partial charge in [-0.05, 0) is 32.0 Å². The van der Waals surface area contributed by atoms with Crippen molar-refractivity contribution in [3.63, 3.8) is 0 Å². The van der Waals surface area contributed by atoms with Gasteiger partial charge in [0.2, 0.25) is 0 Å². The number of carboxylic acids is 1. The van der Waals surface area contributed by atoms with Gasteiger partial charge >= 0.3 is 5.97 Å². The molecule has 0 radical (unpaired) electrons. The molecule has 2 N–H and O–H groups in total. The lowest BCUT2D eigenvalue weighted by molar-refractivity contribution is -0.0123. The SMILES string of the molecule is CC(C)OCC(O)COc1cccc(C(=O)O)c1. The Morgan fingerprint density at radius 3 is 2.67 bits per heavy atom. The molecule has 0 spiro atoms. The first-order chi connectivity index (χ1) is 8.49. The minimum Gasteiger partial charge on any atom is -0.491 e. The smallest absolute Gasteiger partial charge is 0.335 e. The van der Waals surface area contributed by atoms with E-state index in [9.17, 15) is 9.90 Å². The summed E-state index contributed by atoms with van der Waals surface area (Å²) in [7, 11) is 0. The summed E-state index contributed by atoms with van der Waals surface area (Å²) in [6.07, 6.45) is -0.684. The number of aliphatic hydroxyl groups excluding tert-OH is 1. The van der Waals surface area contributed by atoms with Crippen LogP contribution in [0.1, 0.15) is 24.2 Å². The van der Waals surface area contributed by atoms with Crippen LogP contribution in [-0.4, -0.2) is 41.6 Å². The summed E-state index contributed by atoms with van der Waals surface area (Å²) < 4.78 is 10.5. The van der Waals surface area contributed by atoms with E-state index < -0.39 is 12.1 Å². The third kappa shape index (κ3) is 5.16. The molecule has 5 nitrogen and oxygen atoms in total. The fourth-order valence-corrected chi connectivity index (χ4v) is 1.26. The van der Waals surface area contributed by atoms with E-state index in [4.69, 9.17) is 14.6 Å². The first-order valence-electron chi connectivity index (χ1n) is 5.75. The van der Waals surface area contributed by atoms with Crippen LogP contribution in [0.25, 0.3) is 0 Å². The van der Waals surface area contributed by atoms with Gasteiger partial charge in [-0.2, -0.15) is 0 Å². The van der Waals surface area contributed by atoms with Crippen LogP contribution in [0.4, 0.5) is 0 Å². The van der Waals surface area contributed by atoms with E-state index in [1.54, 1.807) is 12.1 Å². The molecule has 0 saturated carbocycles. The molecule has 100 valence electrons. The zero-order valence-electron chi connectivity index (χ0n) is 10.5. The average Bonchev–Trinajstić information content (AvgIpc) is 2.34. The second-order valence-corrected chi connectivity index (χ2v) is 4.18. The molecule has 1 rings (SSSR count). The van der Waals surface area contributed by atoms with Crippen molar-refractivity contribution in [1.29, 1.82) is 0 Å². The van der Waals surface area contributed by atoms with Crippen LogP contribution >= 0.6 is 0 Å². The highest BCUT2D eigenvalue weighted by molar-refractivity contribution is 5.87. The van der Waals surface area contributed by atoms with Crippen molar-refractivity contribution in [3.05, 3.63) is 29.8 Å². The fourth-order valence-electron chi connectivity index (χ4n) is 1.26. The predicted molar refractivity (Wildman–Crippen MR) is 66.0 cm³/mol.